The van der Waals surface area contributed by atoms with Gasteiger partial charge in [-0.15, -0.1) is 5.10 Å². The molecule has 4 heterocycles. The molecule has 3 saturated heterocycles. The van der Waals surface area contributed by atoms with E-state index in [1.54, 1.807) is 65.1 Å². The minimum atomic E-state index is -1.83. The monoisotopic (exact) mass is 1040 g/mol. The number of rotatable bonds is 16. The van der Waals surface area contributed by atoms with Crippen molar-refractivity contribution in [2.45, 2.75) is 211 Å². The van der Waals surface area contributed by atoms with Gasteiger partial charge in [0.2, 0.25) is 5.91 Å². The molecule has 73 heavy (non-hydrogen) atoms. The number of aliphatic hydroxyl groups excluding tert-OH is 2. The van der Waals surface area contributed by atoms with Crippen LogP contribution in [0.15, 0.2) is 30.5 Å². The average Bonchev–Trinajstić information content (AvgIpc) is 3.81. The minimum absolute atomic E-state index is 0.0290. The van der Waals surface area contributed by atoms with Gasteiger partial charge >= 0.3 is 5.97 Å². The lowest BCUT2D eigenvalue weighted by Gasteiger charge is -2.48. The van der Waals surface area contributed by atoms with E-state index in [0.29, 0.717) is 43.7 Å². The van der Waals surface area contributed by atoms with E-state index in [0.717, 1.165) is 5.56 Å². The molecule has 5 N–H and O–H groups in total. The van der Waals surface area contributed by atoms with Crippen LogP contribution in [0.25, 0.3) is 0 Å². The molecule has 0 unspecified atom stereocenters. The lowest BCUT2D eigenvalue weighted by molar-refractivity contribution is -0.308. The van der Waals surface area contributed by atoms with Crippen molar-refractivity contribution in [2.24, 2.45) is 17.8 Å². The van der Waals surface area contributed by atoms with Crippen molar-refractivity contribution in [1.29, 1.82) is 0 Å². The van der Waals surface area contributed by atoms with Crippen molar-refractivity contribution in [3.8, 4) is 0 Å². The van der Waals surface area contributed by atoms with Crippen LogP contribution in [0.5, 0.6) is 0 Å². The maximum absolute atomic E-state index is 14.8. The molecule has 3 aliphatic heterocycles. The van der Waals surface area contributed by atoms with Gasteiger partial charge in [-0.25, -0.2) is 9.07 Å². The van der Waals surface area contributed by atoms with Crippen molar-refractivity contribution in [3.63, 3.8) is 0 Å². The molecule has 3 aliphatic rings. The lowest BCUT2D eigenvalue weighted by atomic mass is 9.77. The highest BCUT2D eigenvalue weighted by Crippen LogP contribution is 2.40. The van der Waals surface area contributed by atoms with E-state index >= 15 is 0 Å². The fraction of sp³-hybridized carbons (Fsp3) is 0.811. The third kappa shape index (κ3) is 14.8. The van der Waals surface area contributed by atoms with Crippen molar-refractivity contribution in [1.82, 2.24) is 24.8 Å². The van der Waals surface area contributed by atoms with Gasteiger partial charge in [0.25, 0.3) is 0 Å². The van der Waals surface area contributed by atoms with Gasteiger partial charge in [-0.05, 0) is 105 Å². The summed E-state index contributed by atoms with van der Waals surface area (Å²) in [6.07, 6.45) is -4.79. The number of methoxy groups -OCH3 is 2. The normalized spacial score (nSPS) is 38.5. The van der Waals surface area contributed by atoms with Crippen molar-refractivity contribution in [2.75, 3.05) is 53.4 Å². The molecule has 0 radical (unpaired) electrons. The number of cyclic esters (lactones) is 1. The number of nitrogens with zero attached hydrogens (tertiary/aromatic N) is 5. The number of hydrogen-bond acceptors (Lipinski definition) is 17. The van der Waals surface area contributed by atoms with Gasteiger partial charge in [-0.3, -0.25) is 9.59 Å². The molecule has 0 aliphatic carbocycles. The number of aliphatic hydroxyl groups is 4. The summed E-state index contributed by atoms with van der Waals surface area (Å²) in [4.78, 5) is 30.2. The van der Waals surface area contributed by atoms with E-state index in [-0.39, 0.29) is 43.2 Å². The maximum Gasteiger partial charge on any atom is 0.311 e. The number of carbonyl (C=O) groups excluding carboxylic acids is 2. The molecule has 1 amide bonds. The number of amides is 1. The number of carbonyl (C=O) groups is 2. The minimum Gasteiger partial charge on any atom is -0.459 e. The van der Waals surface area contributed by atoms with E-state index < -0.39 is 109 Å². The number of ether oxygens (including phenoxy) is 7. The van der Waals surface area contributed by atoms with E-state index in [4.69, 9.17) is 33.2 Å². The van der Waals surface area contributed by atoms with Gasteiger partial charge in [0.05, 0.1) is 47.2 Å². The van der Waals surface area contributed by atoms with E-state index in [1.165, 1.54) is 32.7 Å². The molecule has 19 atom stereocenters. The highest BCUT2D eigenvalue weighted by Gasteiger charge is 2.52. The van der Waals surface area contributed by atoms with Gasteiger partial charge in [-0.1, -0.05) is 38.1 Å². The smallest absolute Gasteiger partial charge is 0.311 e. The van der Waals surface area contributed by atoms with Crippen molar-refractivity contribution < 1.29 is 67.6 Å². The van der Waals surface area contributed by atoms with Crippen LogP contribution in [-0.4, -0.2) is 189 Å². The molecule has 19 nitrogen and oxygen atoms in total. The zero-order valence-electron chi connectivity index (χ0n) is 46.1. The van der Waals surface area contributed by atoms with Crippen molar-refractivity contribution in [3.05, 3.63) is 41.7 Å². The molecular weight excluding hydrogens is 948 g/mol. The SMILES string of the molecule is CC[C@H]1OC(=O)[C@H](C)[C@@H](O[C@H]2C[C@@](C)(OC)[C@@H](O)[C@H](C)O2)[C@H](C)[C@@H](O[C@H]2C[C@@H](N(C)CCc3cn([C@H](CF)[C@H](OC)c4ccc(NC(C)=O)cc4)nn3)C[C@@H](C)O2)[C@](C)(O)C[C@@H](C)CN(C)[C@H](C)[C@@H](O)[C@]1(C)O. The van der Waals surface area contributed by atoms with Gasteiger partial charge in [0, 0.05) is 83.4 Å². The van der Waals surface area contributed by atoms with Crippen LogP contribution in [-0.2, 0) is 49.2 Å². The highest BCUT2D eigenvalue weighted by molar-refractivity contribution is 5.88. The Hall–Kier alpha value is -3.25. The predicted octanol–water partition coefficient (Wildman–Crippen LogP) is 4.99. The summed E-state index contributed by atoms with van der Waals surface area (Å²) in [5, 5.41) is 58.9. The van der Waals surface area contributed by atoms with Crippen LogP contribution >= 0.6 is 0 Å². The summed E-state index contributed by atoms with van der Waals surface area (Å²) in [6, 6.07) is 5.68. The summed E-state index contributed by atoms with van der Waals surface area (Å²) in [5.74, 6) is -2.79. The lowest BCUT2D eigenvalue weighted by Crippen LogP contribution is -2.59. The predicted molar refractivity (Wildman–Crippen MR) is 271 cm³/mol. The largest absolute Gasteiger partial charge is 0.459 e. The molecule has 416 valence electrons. The van der Waals surface area contributed by atoms with Crippen LogP contribution in [0.3, 0.4) is 0 Å². The number of likely N-dealkylation sites (N-methyl/N-ethyl adjacent to an activating group) is 2. The van der Waals surface area contributed by atoms with Crippen LogP contribution in [0, 0.1) is 17.8 Å². The fourth-order valence-electron chi connectivity index (χ4n) is 11.4. The zero-order chi connectivity index (χ0) is 54.3. The van der Waals surface area contributed by atoms with Crippen LogP contribution in [0.2, 0.25) is 0 Å². The average molecular weight is 1040 g/mol. The highest BCUT2D eigenvalue weighted by atomic mass is 19.1. The molecule has 3 fully saturated rings. The van der Waals surface area contributed by atoms with Gasteiger partial charge in [-0.2, -0.15) is 0 Å². The Balaban J connectivity index is 1.41. The van der Waals surface area contributed by atoms with Crippen LogP contribution < -0.4 is 5.32 Å². The van der Waals surface area contributed by atoms with Crippen LogP contribution in [0.4, 0.5) is 10.1 Å². The molecule has 2 aromatic rings. The first kappa shape index (κ1) is 60.6. The fourth-order valence-corrected chi connectivity index (χ4v) is 11.4. The molecule has 5 rings (SSSR count). The summed E-state index contributed by atoms with van der Waals surface area (Å²) in [6.45, 7) is 19.5. The second kappa shape index (κ2) is 25.7. The Morgan fingerprint density at radius 1 is 0.986 bits per heavy atom. The van der Waals surface area contributed by atoms with Gasteiger partial charge in [0.1, 0.15) is 42.7 Å². The van der Waals surface area contributed by atoms with Gasteiger partial charge in [0.15, 0.2) is 12.6 Å². The number of anilines is 1. The first-order valence-electron chi connectivity index (χ1n) is 26.2. The third-order valence-corrected chi connectivity index (χ3v) is 16.0. The Morgan fingerprint density at radius 2 is 1.66 bits per heavy atom. The van der Waals surface area contributed by atoms with E-state index in [2.05, 4.69) is 20.5 Å². The molecular formula is C53H89FN6O13. The molecule has 0 spiro atoms. The molecule has 20 heteroatoms. The first-order valence-corrected chi connectivity index (χ1v) is 26.2. The quantitative estimate of drug-likeness (QED) is 0.140. The maximum atomic E-state index is 14.8. The Labute approximate surface area is 432 Å². The standard InChI is InChI=1S/C53H89FN6O13/c1-16-42-53(11,66)47(62)34(6)59(13)28-30(2)25-51(9,65)49(32(4)45(33(5)50(64)71-42)72-44-26-52(10,68-15)48(63)35(7)70-44)73-43-24-40(23-31(3)69-43)58(12)22-21-39-29-60(57-56-39)41(27-54)46(67-14)37-17-19-38(20-18-37)55-36(8)61/h17-20,29-35,40-49,62-63,65-66H,16,21-28H2,1-15H3,(H,55,61)/t30-,31-,32+,33-,34-,35+,40+,41-,42-,43+,44+,45+,46-,47-,48+,49-,51-,52-,53-/m1/s1. The Bertz CT molecular complexity index is 2050. The molecule has 1 aromatic heterocycles. The summed E-state index contributed by atoms with van der Waals surface area (Å²) in [5.41, 5.74) is -2.41. The van der Waals surface area contributed by atoms with E-state index in [1.807, 2.05) is 46.7 Å². The summed E-state index contributed by atoms with van der Waals surface area (Å²) >= 11 is 0. The molecule has 0 saturated carbocycles. The Kier molecular flexibility index (Phi) is 21.4. The number of benzene rings is 1. The number of halogens is 1. The topological polar surface area (TPSA) is 229 Å². The van der Waals surface area contributed by atoms with Crippen molar-refractivity contribution >= 4 is 17.6 Å². The number of alkyl halides is 1. The van der Waals surface area contributed by atoms with Crippen LogP contribution in [0.1, 0.15) is 132 Å². The summed E-state index contributed by atoms with van der Waals surface area (Å²) in [7, 11) is 6.90. The van der Waals surface area contributed by atoms with Gasteiger partial charge < -0.3 is 68.7 Å². The number of aromatic nitrogens is 3. The summed E-state index contributed by atoms with van der Waals surface area (Å²) < 4.78 is 60.7. The number of hydrogen-bond donors (Lipinski definition) is 5. The molecule has 0 bridgehead atoms. The second-order valence-electron chi connectivity index (χ2n) is 22.2. The number of esters is 1. The number of nitrogens with one attached hydrogen (secondary N) is 1. The molecule has 1 aromatic carbocycles. The zero-order valence-corrected chi connectivity index (χ0v) is 46.1. The first-order chi connectivity index (χ1) is 34.2. The van der Waals surface area contributed by atoms with E-state index in [9.17, 15) is 34.4 Å². The second-order valence-corrected chi connectivity index (χ2v) is 22.2. The Morgan fingerprint density at radius 3 is 2.26 bits per heavy atom. The third-order valence-electron chi connectivity index (χ3n) is 16.0.